The molecule has 1 aliphatic rings. The molecule has 0 bridgehead atoms. The Morgan fingerprint density at radius 2 is 1.75 bits per heavy atom. The van der Waals surface area contributed by atoms with Crippen LogP contribution < -0.4 is 4.74 Å². The van der Waals surface area contributed by atoms with E-state index >= 15 is 0 Å². The first-order chi connectivity index (χ1) is 15.5. The van der Waals surface area contributed by atoms with Crippen molar-refractivity contribution in [3.05, 3.63) is 71.3 Å². The van der Waals surface area contributed by atoms with Crippen LogP contribution in [-0.2, 0) is 9.59 Å². The van der Waals surface area contributed by atoms with Gasteiger partial charge in [-0.2, -0.15) is 0 Å². The summed E-state index contributed by atoms with van der Waals surface area (Å²) < 4.78 is 5.78. The van der Waals surface area contributed by atoms with E-state index in [2.05, 4.69) is 18.7 Å². The van der Waals surface area contributed by atoms with Gasteiger partial charge in [-0.1, -0.05) is 63.2 Å². The van der Waals surface area contributed by atoms with E-state index in [1.807, 2.05) is 37.3 Å². The predicted octanol–water partition coefficient (Wildman–Crippen LogP) is 4.24. The molecule has 0 aromatic heterocycles. The summed E-state index contributed by atoms with van der Waals surface area (Å²) in [5.74, 6) is -0.715. The van der Waals surface area contributed by atoms with E-state index in [0.29, 0.717) is 31.0 Å². The normalized spacial score (nSPS) is 17.9. The van der Waals surface area contributed by atoms with Crippen LogP contribution in [0.1, 0.15) is 44.4 Å². The van der Waals surface area contributed by atoms with Gasteiger partial charge in [-0.3, -0.25) is 9.59 Å². The number of likely N-dealkylation sites (N-methyl/N-ethyl adjacent to an activating group) is 1. The fourth-order valence-corrected chi connectivity index (χ4v) is 3.99. The summed E-state index contributed by atoms with van der Waals surface area (Å²) in [4.78, 5) is 29.9. The summed E-state index contributed by atoms with van der Waals surface area (Å²) >= 11 is 0. The first kappa shape index (κ1) is 23.5. The minimum atomic E-state index is -0.670. The number of ketones is 1. The van der Waals surface area contributed by atoms with Crippen molar-refractivity contribution in [3.8, 4) is 5.75 Å². The van der Waals surface area contributed by atoms with E-state index in [4.69, 9.17) is 4.74 Å². The van der Waals surface area contributed by atoms with Crippen LogP contribution in [0.2, 0.25) is 0 Å². The Morgan fingerprint density at radius 1 is 1.03 bits per heavy atom. The molecule has 3 rings (SSSR count). The quantitative estimate of drug-likeness (QED) is 0.343. The van der Waals surface area contributed by atoms with Crippen molar-refractivity contribution >= 4 is 17.4 Å². The highest BCUT2D eigenvalue weighted by atomic mass is 16.5. The van der Waals surface area contributed by atoms with Crippen molar-refractivity contribution in [2.75, 3.05) is 32.8 Å². The number of nitrogens with zero attached hydrogens (tertiary/aromatic N) is 2. The molecule has 1 heterocycles. The van der Waals surface area contributed by atoms with Crippen LogP contribution in [0.3, 0.4) is 0 Å². The fourth-order valence-electron chi connectivity index (χ4n) is 3.99. The summed E-state index contributed by atoms with van der Waals surface area (Å²) in [6, 6.07) is 15.7. The van der Waals surface area contributed by atoms with Crippen molar-refractivity contribution in [3.63, 3.8) is 0 Å². The minimum Gasteiger partial charge on any atom is -0.507 e. The molecule has 1 N–H and O–H groups in total. The first-order valence-electron chi connectivity index (χ1n) is 11.3. The topological polar surface area (TPSA) is 70.1 Å². The maximum atomic E-state index is 13.1. The molecule has 0 aliphatic carbocycles. The number of aliphatic hydroxyl groups is 1. The number of amides is 1. The number of hydrogen-bond acceptors (Lipinski definition) is 5. The Balaban J connectivity index is 2.07. The zero-order valence-corrected chi connectivity index (χ0v) is 19.1. The number of benzene rings is 2. The van der Waals surface area contributed by atoms with Gasteiger partial charge in [-0.05, 0) is 37.2 Å². The van der Waals surface area contributed by atoms with Gasteiger partial charge in [0, 0.05) is 18.7 Å². The summed E-state index contributed by atoms with van der Waals surface area (Å²) in [7, 11) is 0. The lowest BCUT2D eigenvalue weighted by molar-refractivity contribution is -0.140. The van der Waals surface area contributed by atoms with Crippen molar-refractivity contribution in [2.45, 2.75) is 33.2 Å². The largest absolute Gasteiger partial charge is 0.507 e. The van der Waals surface area contributed by atoms with Gasteiger partial charge in [0.25, 0.3) is 11.7 Å². The highest BCUT2D eigenvalue weighted by Gasteiger charge is 2.46. The Labute approximate surface area is 190 Å². The van der Waals surface area contributed by atoms with E-state index in [1.165, 1.54) is 0 Å². The molecule has 0 unspecified atom stereocenters. The number of carbonyl (C=O) groups is 2. The summed E-state index contributed by atoms with van der Waals surface area (Å²) in [6.45, 7) is 9.50. The molecule has 6 heteroatoms. The fraction of sp³-hybridized carbons (Fsp3) is 0.385. The molecule has 1 amide bonds. The van der Waals surface area contributed by atoms with E-state index in [1.54, 1.807) is 29.2 Å². The van der Waals surface area contributed by atoms with Crippen LogP contribution in [0.5, 0.6) is 5.75 Å². The minimum absolute atomic E-state index is 0.119. The number of rotatable bonds is 10. The average Bonchev–Trinajstić information content (AvgIpc) is 3.08. The number of carbonyl (C=O) groups excluding carboxylic acids is 2. The van der Waals surface area contributed by atoms with Crippen molar-refractivity contribution < 1.29 is 19.4 Å². The van der Waals surface area contributed by atoms with Crippen LogP contribution in [0, 0.1) is 0 Å². The third-order valence-corrected chi connectivity index (χ3v) is 5.79. The molecular weight excluding hydrogens is 404 g/mol. The Morgan fingerprint density at radius 3 is 2.41 bits per heavy atom. The lowest BCUT2D eigenvalue weighted by atomic mass is 9.95. The van der Waals surface area contributed by atoms with Gasteiger partial charge in [0.05, 0.1) is 18.2 Å². The summed E-state index contributed by atoms with van der Waals surface area (Å²) in [5.41, 5.74) is 1.38. The van der Waals surface area contributed by atoms with E-state index in [0.717, 1.165) is 25.1 Å². The van der Waals surface area contributed by atoms with Crippen molar-refractivity contribution in [1.82, 2.24) is 9.80 Å². The number of aliphatic hydroxyl groups excluding tert-OH is 1. The maximum absolute atomic E-state index is 13.1. The van der Waals surface area contributed by atoms with Crippen LogP contribution in [0.4, 0.5) is 0 Å². The molecule has 0 saturated carbocycles. The van der Waals surface area contributed by atoms with E-state index < -0.39 is 17.7 Å². The van der Waals surface area contributed by atoms with E-state index in [9.17, 15) is 14.7 Å². The Hall–Kier alpha value is -3.12. The molecule has 2 aromatic carbocycles. The van der Waals surface area contributed by atoms with Gasteiger partial charge in [-0.25, -0.2) is 0 Å². The smallest absolute Gasteiger partial charge is 0.295 e. The van der Waals surface area contributed by atoms with Crippen molar-refractivity contribution in [1.29, 1.82) is 0 Å². The standard InChI is InChI=1S/C26H32N2O4/c1-4-17-32-21-14-10-13-20(18-21)23-22(24(29)19-11-8-7-9-12-19)25(30)26(31)28(23)16-15-27(5-2)6-3/h7-14,18,23,29H,4-6,15-17H2,1-3H3/b24-22+/t23-/m1/s1. The Kier molecular flexibility index (Phi) is 8.06. The first-order valence-corrected chi connectivity index (χ1v) is 11.3. The summed E-state index contributed by atoms with van der Waals surface area (Å²) in [5, 5.41) is 11.1. The SMILES string of the molecule is CCCOc1cccc([C@@H]2/C(=C(\O)c3ccccc3)C(=O)C(=O)N2CCN(CC)CC)c1. The molecular formula is C26H32N2O4. The molecule has 1 atom stereocenters. The molecule has 0 spiro atoms. The second-order valence-electron chi connectivity index (χ2n) is 7.81. The Bertz CT molecular complexity index is 967. The van der Waals surface area contributed by atoms with Gasteiger partial charge in [0.1, 0.15) is 11.5 Å². The molecule has 1 aliphatic heterocycles. The van der Waals surface area contributed by atoms with Gasteiger partial charge < -0.3 is 19.6 Å². The van der Waals surface area contributed by atoms with Gasteiger partial charge in [-0.15, -0.1) is 0 Å². The number of hydrogen-bond donors (Lipinski definition) is 1. The molecule has 6 nitrogen and oxygen atoms in total. The van der Waals surface area contributed by atoms with Crippen LogP contribution >= 0.6 is 0 Å². The zero-order chi connectivity index (χ0) is 23.1. The number of Topliss-reactive ketones (excluding diaryl/α,β-unsaturated/α-hetero) is 1. The molecule has 32 heavy (non-hydrogen) atoms. The predicted molar refractivity (Wildman–Crippen MR) is 125 cm³/mol. The highest BCUT2D eigenvalue weighted by molar-refractivity contribution is 6.46. The molecule has 0 radical (unpaired) electrons. The lowest BCUT2D eigenvalue weighted by Gasteiger charge is -2.28. The maximum Gasteiger partial charge on any atom is 0.295 e. The van der Waals surface area contributed by atoms with E-state index in [-0.39, 0.29) is 11.3 Å². The second-order valence-corrected chi connectivity index (χ2v) is 7.81. The highest BCUT2D eigenvalue weighted by Crippen LogP contribution is 2.40. The second kappa shape index (κ2) is 11.0. The third kappa shape index (κ3) is 5.02. The van der Waals surface area contributed by atoms with Crippen LogP contribution in [0.25, 0.3) is 5.76 Å². The van der Waals surface area contributed by atoms with Gasteiger partial charge in [0.2, 0.25) is 0 Å². The van der Waals surface area contributed by atoms with Crippen LogP contribution in [-0.4, -0.2) is 59.4 Å². The molecule has 1 saturated heterocycles. The van der Waals surface area contributed by atoms with Gasteiger partial charge in [0.15, 0.2) is 0 Å². The van der Waals surface area contributed by atoms with Crippen molar-refractivity contribution in [2.24, 2.45) is 0 Å². The number of likely N-dealkylation sites (tertiary alicyclic amines) is 1. The molecule has 2 aromatic rings. The molecule has 170 valence electrons. The average molecular weight is 437 g/mol. The third-order valence-electron chi connectivity index (χ3n) is 5.79. The summed E-state index contributed by atoms with van der Waals surface area (Å²) in [6.07, 6.45) is 0.876. The van der Waals surface area contributed by atoms with Crippen LogP contribution in [0.15, 0.2) is 60.2 Å². The molecule has 1 fully saturated rings. The monoisotopic (exact) mass is 436 g/mol. The lowest BCUT2D eigenvalue weighted by Crippen LogP contribution is -2.38. The number of ether oxygens (including phenoxy) is 1. The zero-order valence-electron chi connectivity index (χ0n) is 19.1. The van der Waals surface area contributed by atoms with Gasteiger partial charge >= 0.3 is 0 Å².